The van der Waals surface area contributed by atoms with E-state index in [1.807, 2.05) is 0 Å². The van der Waals surface area contributed by atoms with E-state index in [4.69, 9.17) is 14.8 Å². The highest BCUT2D eigenvalue weighted by atomic mass is 19.4. The molecule has 0 aromatic heterocycles. The van der Waals surface area contributed by atoms with Crippen LogP contribution in [0.25, 0.3) is 0 Å². The van der Waals surface area contributed by atoms with Gasteiger partial charge in [0.25, 0.3) is 0 Å². The van der Waals surface area contributed by atoms with Gasteiger partial charge < -0.3 is 19.7 Å². The zero-order valence-corrected chi connectivity index (χ0v) is 11.3. The van der Waals surface area contributed by atoms with Crippen molar-refractivity contribution in [3.8, 4) is 5.75 Å². The van der Waals surface area contributed by atoms with E-state index in [1.165, 1.54) is 24.1 Å². The summed E-state index contributed by atoms with van der Waals surface area (Å²) >= 11 is 0. The topological polar surface area (TPSA) is 52.9 Å². The third-order valence-corrected chi connectivity index (χ3v) is 2.82. The molecule has 0 atom stereocenters. The number of nitrogens with zero attached hydrogens (tertiary/aromatic N) is 1. The Bertz CT molecular complexity index is 440. The lowest BCUT2D eigenvalue weighted by Crippen LogP contribution is -2.31. The van der Waals surface area contributed by atoms with Gasteiger partial charge in [-0.15, -0.1) is 0 Å². The largest absolute Gasteiger partial charge is 0.496 e. The zero-order chi connectivity index (χ0) is 15.3. The van der Waals surface area contributed by atoms with Crippen molar-refractivity contribution in [3.63, 3.8) is 0 Å². The summed E-state index contributed by atoms with van der Waals surface area (Å²) in [7, 11) is 1.39. The average Bonchev–Trinajstić information content (AvgIpc) is 2.35. The Morgan fingerprint density at radius 1 is 1.30 bits per heavy atom. The third-order valence-electron chi connectivity index (χ3n) is 2.82. The van der Waals surface area contributed by atoms with Gasteiger partial charge in [-0.2, -0.15) is 13.2 Å². The predicted molar refractivity (Wildman–Crippen MR) is 69.8 cm³/mol. The molecule has 0 radical (unpaired) electrons. The molecule has 0 amide bonds. The van der Waals surface area contributed by atoms with Crippen LogP contribution in [-0.4, -0.2) is 48.9 Å². The number of rotatable bonds is 6. The first-order valence-electron chi connectivity index (χ1n) is 6.01. The lowest BCUT2D eigenvalue weighted by atomic mass is 9.79. The average molecular weight is 291 g/mol. The molecule has 0 fully saturated rings. The van der Waals surface area contributed by atoms with Crippen molar-refractivity contribution in [1.29, 1.82) is 0 Å². The second kappa shape index (κ2) is 6.96. The van der Waals surface area contributed by atoms with E-state index in [9.17, 15) is 13.2 Å². The number of ether oxygens (including phenoxy) is 1. The van der Waals surface area contributed by atoms with Crippen LogP contribution >= 0.6 is 0 Å². The van der Waals surface area contributed by atoms with Gasteiger partial charge >= 0.3 is 13.3 Å². The number of hydrogen-bond acceptors (Lipinski definition) is 4. The molecular weight excluding hydrogens is 274 g/mol. The van der Waals surface area contributed by atoms with Crippen LogP contribution in [0.2, 0.25) is 0 Å². The SMILES string of the molecule is COc1ccc(B(O)O)cc1CN(C)CCC(F)(F)F. The van der Waals surface area contributed by atoms with Crippen LogP contribution in [0.15, 0.2) is 18.2 Å². The van der Waals surface area contributed by atoms with Crippen molar-refractivity contribution in [1.82, 2.24) is 4.90 Å². The van der Waals surface area contributed by atoms with Gasteiger partial charge in [0, 0.05) is 18.7 Å². The van der Waals surface area contributed by atoms with Crippen molar-refractivity contribution in [3.05, 3.63) is 23.8 Å². The van der Waals surface area contributed by atoms with Gasteiger partial charge in [-0.1, -0.05) is 12.1 Å². The highest BCUT2D eigenvalue weighted by molar-refractivity contribution is 6.58. The fourth-order valence-corrected chi connectivity index (χ4v) is 1.77. The molecule has 0 unspecified atom stereocenters. The molecule has 8 heteroatoms. The minimum atomic E-state index is -4.19. The first kappa shape index (κ1) is 16.8. The fraction of sp³-hybridized carbons (Fsp3) is 0.500. The molecule has 0 saturated carbocycles. The maximum absolute atomic E-state index is 12.2. The number of alkyl halides is 3. The van der Waals surface area contributed by atoms with E-state index in [0.717, 1.165) is 0 Å². The zero-order valence-electron chi connectivity index (χ0n) is 11.3. The van der Waals surface area contributed by atoms with E-state index < -0.39 is 19.7 Å². The van der Waals surface area contributed by atoms with Gasteiger partial charge in [-0.05, 0) is 18.6 Å². The summed E-state index contributed by atoms with van der Waals surface area (Å²) in [5.74, 6) is 0.494. The molecule has 0 bridgehead atoms. The van der Waals surface area contributed by atoms with Gasteiger partial charge in [0.15, 0.2) is 0 Å². The maximum atomic E-state index is 12.2. The van der Waals surface area contributed by atoms with E-state index in [0.29, 0.717) is 11.3 Å². The smallest absolute Gasteiger partial charge is 0.488 e. The minimum absolute atomic E-state index is 0.140. The Morgan fingerprint density at radius 2 is 1.95 bits per heavy atom. The van der Waals surface area contributed by atoms with Crippen LogP contribution < -0.4 is 10.2 Å². The molecule has 1 aromatic rings. The van der Waals surface area contributed by atoms with E-state index >= 15 is 0 Å². The maximum Gasteiger partial charge on any atom is 0.488 e. The number of benzene rings is 1. The molecule has 0 spiro atoms. The molecule has 1 rings (SSSR count). The molecule has 0 aliphatic rings. The fourth-order valence-electron chi connectivity index (χ4n) is 1.77. The van der Waals surface area contributed by atoms with Crippen LogP contribution in [0.5, 0.6) is 5.75 Å². The summed E-state index contributed by atoms with van der Waals surface area (Å²) in [5.41, 5.74) is 0.868. The molecule has 0 heterocycles. The molecule has 0 aliphatic carbocycles. The highest BCUT2D eigenvalue weighted by Crippen LogP contribution is 2.22. The monoisotopic (exact) mass is 291 g/mol. The van der Waals surface area contributed by atoms with Crippen molar-refractivity contribution < 1.29 is 28.0 Å². The van der Waals surface area contributed by atoms with Crippen molar-refractivity contribution >= 4 is 12.6 Å². The van der Waals surface area contributed by atoms with Gasteiger partial charge in [0.05, 0.1) is 13.5 Å². The molecule has 2 N–H and O–H groups in total. The molecule has 20 heavy (non-hydrogen) atoms. The Morgan fingerprint density at radius 3 is 2.45 bits per heavy atom. The summed E-state index contributed by atoms with van der Waals surface area (Å²) in [5, 5.41) is 18.2. The molecule has 1 aromatic carbocycles. The Kier molecular flexibility index (Phi) is 5.85. The van der Waals surface area contributed by atoms with Gasteiger partial charge in [0.2, 0.25) is 0 Å². The summed E-state index contributed by atoms with van der Waals surface area (Å²) < 4.78 is 41.6. The lowest BCUT2D eigenvalue weighted by Gasteiger charge is -2.19. The van der Waals surface area contributed by atoms with E-state index in [2.05, 4.69) is 0 Å². The Hall–Kier alpha value is -1.25. The number of halogens is 3. The predicted octanol–water partition coefficient (Wildman–Crippen LogP) is 0.759. The summed E-state index contributed by atoms with van der Waals surface area (Å²) in [6.07, 6.45) is -5.09. The van der Waals surface area contributed by atoms with Crippen LogP contribution in [0.3, 0.4) is 0 Å². The molecule has 112 valence electrons. The Balaban J connectivity index is 2.76. The van der Waals surface area contributed by atoms with Crippen LogP contribution in [-0.2, 0) is 6.54 Å². The van der Waals surface area contributed by atoms with Gasteiger partial charge in [0.1, 0.15) is 5.75 Å². The number of methoxy groups -OCH3 is 1. The number of hydrogen-bond donors (Lipinski definition) is 2. The summed E-state index contributed by atoms with van der Waals surface area (Å²) in [4.78, 5) is 1.50. The van der Waals surface area contributed by atoms with Crippen LogP contribution in [0.4, 0.5) is 13.2 Å². The molecule has 0 aliphatic heterocycles. The van der Waals surface area contributed by atoms with Crippen molar-refractivity contribution in [2.75, 3.05) is 20.7 Å². The highest BCUT2D eigenvalue weighted by Gasteiger charge is 2.27. The second-order valence-electron chi connectivity index (χ2n) is 4.55. The molecule has 0 saturated heterocycles. The third kappa shape index (κ3) is 5.40. The standard InChI is InChI=1S/C12H17BF3NO3/c1-17(6-5-12(14,15)16)8-9-7-10(13(18)19)3-4-11(9)20-2/h3-4,7,18-19H,5-6,8H2,1-2H3. The summed E-state index contributed by atoms with van der Waals surface area (Å²) in [6, 6.07) is 4.55. The minimum Gasteiger partial charge on any atom is -0.496 e. The quantitative estimate of drug-likeness (QED) is 0.760. The van der Waals surface area contributed by atoms with Crippen molar-refractivity contribution in [2.45, 2.75) is 19.1 Å². The van der Waals surface area contributed by atoms with E-state index in [-0.39, 0.29) is 18.6 Å². The van der Waals surface area contributed by atoms with Crippen LogP contribution in [0, 0.1) is 0 Å². The van der Waals surface area contributed by atoms with E-state index in [1.54, 1.807) is 13.1 Å². The Labute approximate surface area is 115 Å². The molecular formula is C12H17BF3NO3. The second-order valence-corrected chi connectivity index (χ2v) is 4.55. The first-order valence-corrected chi connectivity index (χ1v) is 6.01. The molecule has 4 nitrogen and oxygen atoms in total. The normalized spacial score (nSPS) is 11.8. The summed E-state index contributed by atoms with van der Waals surface area (Å²) in [6.45, 7) is 0.0817. The van der Waals surface area contributed by atoms with Gasteiger partial charge in [-0.3, -0.25) is 0 Å². The van der Waals surface area contributed by atoms with Crippen LogP contribution in [0.1, 0.15) is 12.0 Å². The van der Waals surface area contributed by atoms with Gasteiger partial charge in [-0.25, -0.2) is 0 Å². The van der Waals surface area contributed by atoms with Crippen molar-refractivity contribution in [2.24, 2.45) is 0 Å². The first-order chi connectivity index (χ1) is 9.23. The lowest BCUT2D eigenvalue weighted by molar-refractivity contribution is -0.137.